The summed E-state index contributed by atoms with van der Waals surface area (Å²) >= 11 is 13.5. The highest BCUT2D eigenvalue weighted by Crippen LogP contribution is 2.46. The highest BCUT2D eigenvalue weighted by molar-refractivity contribution is 7.99. The number of halogens is 2. The lowest BCUT2D eigenvalue weighted by Crippen LogP contribution is -2.20. The van der Waals surface area contributed by atoms with Crippen LogP contribution in [0.3, 0.4) is 0 Å². The molecule has 0 unspecified atom stereocenters. The van der Waals surface area contributed by atoms with Gasteiger partial charge in [0.1, 0.15) is 6.10 Å². The van der Waals surface area contributed by atoms with E-state index >= 15 is 0 Å². The largest absolute Gasteiger partial charge is 0.469 e. The maximum absolute atomic E-state index is 8.06. The van der Waals surface area contributed by atoms with Gasteiger partial charge in [-0.2, -0.15) is 0 Å². The van der Waals surface area contributed by atoms with Crippen molar-refractivity contribution in [2.45, 2.75) is 21.1 Å². The van der Waals surface area contributed by atoms with Gasteiger partial charge in [0.15, 0.2) is 4.84 Å². The summed E-state index contributed by atoms with van der Waals surface area (Å²) in [5.41, 5.74) is 2.07. The van der Waals surface area contributed by atoms with Crippen LogP contribution in [0.4, 0.5) is 0 Å². The lowest BCUT2D eigenvalue weighted by Gasteiger charge is -2.29. The molecule has 0 spiro atoms. The molecule has 0 saturated carbocycles. The average Bonchev–Trinajstić information content (AvgIpc) is 2.72. The summed E-state index contributed by atoms with van der Waals surface area (Å²) < 4.78 is 5.99. The van der Waals surface area contributed by atoms with E-state index in [9.17, 15) is 0 Å². The molecule has 1 N–H and O–H groups in total. The Kier molecular flexibility index (Phi) is 7.22. The van der Waals surface area contributed by atoms with Gasteiger partial charge in [-0.05, 0) is 23.3 Å². The number of nitrogens with one attached hydrogen (secondary N) is 1. The molecule has 3 aromatic rings. The van der Waals surface area contributed by atoms with Crippen LogP contribution in [0, 0.1) is 5.41 Å². The molecule has 2 atom stereocenters. The van der Waals surface area contributed by atoms with E-state index in [1.54, 1.807) is 11.8 Å². The Morgan fingerprint density at radius 2 is 1.22 bits per heavy atom. The third-order valence-electron chi connectivity index (χ3n) is 3.99. The van der Waals surface area contributed by atoms with Crippen LogP contribution in [-0.4, -0.2) is 10.7 Å². The number of hydrogen-bond acceptors (Lipinski definition) is 3. The number of alkyl halides is 2. The molecule has 0 heterocycles. The summed E-state index contributed by atoms with van der Waals surface area (Å²) in [5, 5.41) is 7.98. The van der Waals surface area contributed by atoms with Gasteiger partial charge < -0.3 is 4.74 Å². The van der Waals surface area contributed by atoms with Gasteiger partial charge in [-0.1, -0.05) is 102 Å². The second-order valence-electron chi connectivity index (χ2n) is 5.88. The number of ether oxygens (including phenoxy) is 1. The molecule has 3 rings (SSSR count). The molecular formula is C22H19Cl2NOS. The van der Waals surface area contributed by atoms with Crippen LogP contribution >= 0.6 is 35.0 Å². The molecule has 0 aromatic heterocycles. The van der Waals surface area contributed by atoms with Crippen molar-refractivity contribution in [2.24, 2.45) is 0 Å². The van der Waals surface area contributed by atoms with Crippen molar-refractivity contribution < 1.29 is 4.74 Å². The molecule has 0 fully saturated rings. The van der Waals surface area contributed by atoms with Gasteiger partial charge in [-0.25, -0.2) is 0 Å². The third kappa shape index (κ3) is 5.52. The van der Waals surface area contributed by atoms with E-state index in [0.29, 0.717) is 0 Å². The Morgan fingerprint density at radius 1 is 0.741 bits per heavy atom. The fourth-order valence-corrected chi connectivity index (χ4v) is 4.07. The van der Waals surface area contributed by atoms with E-state index in [0.717, 1.165) is 16.0 Å². The first-order chi connectivity index (χ1) is 13.1. The molecule has 3 aromatic carbocycles. The molecule has 0 amide bonds. The zero-order chi connectivity index (χ0) is 19.1. The van der Waals surface area contributed by atoms with E-state index < -0.39 is 10.9 Å². The van der Waals surface area contributed by atoms with Crippen LogP contribution in [-0.2, 0) is 4.74 Å². The van der Waals surface area contributed by atoms with Crippen molar-refractivity contribution in [1.82, 2.24) is 0 Å². The van der Waals surface area contributed by atoms with Gasteiger partial charge in [0.05, 0.1) is 5.25 Å². The Balaban J connectivity index is 2.02. The van der Waals surface area contributed by atoms with Crippen molar-refractivity contribution in [3.05, 3.63) is 102 Å². The molecule has 0 saturated heterocycles. The van der Waals surface area contributed by atoms with Gasteiger partial charge >= 0.3 is 0 Å². The fraction of sp³-hybridized carbons (Fsp3) is 0.136. The minimum absolute atomic E-state index is 0.0802. The van der Waals surface area contributed by atoms with Crippen LogP contribution in [0.5, 0.6) is 0 Å². The summed E-state index contributed by atoms with van der Waals surface area (Å²) in [6.45, 7) is 0. The van der Waals surface area contributed by atoms with Crippen LogP contribution in [0.2, 0.25) is 0 Å². The minimum atomic E-state index is -1.01. The summed E-state index contributed by atoms with van der Waals surface area (Å²) in [4.78, 5) is 0.116. The second-order valence-corrected chi connectivity index (χ2v) is 8.19. The lowest BCUT2D eigenvalue weighted by atomic mass is 10.0. The molecule has 2 nitrogen and oxygen atoms in total. The number of rotatable bonds is 7. The quantitative estimate of drug-likeness (QED) is 0.194. The molecule has 0 aliphatic rings. The van der Waals surface area contributed by atoms with Crippen molar-refractivity contribution in [1.29, 1.82) is 5.41 Å². The van der Waals surface area contributed by atoms with Crippen molar-refractivity contribution in [2.75, 3.05) is 0 Å². The number of benzene rings is 3. The van der Waals surface area contributed by atoms with E-state index in [1.807, 2.05) is 66.7 Å². The first-order valence-corrected chi connectivity index (χ1v) is 10.3. The topological polar surface area (TPSA) is 33.1 Å². The molecule has 0 bridgehead atoms. The van der Waals surface area contributed by atoms with Crippen molar-refractivity contribution in [3.63, 3.8) is 0 Å². The SMILES string of the molecule is N=C(O[C@H](c1ccccc1)[C@H](Sc1ccccc1)c1ccccc1)C(Cl)Cl. The van der Waals surface area contributed by atoms with E-state index in [-0.39, 0.29) is 11.1 Å². The zero-order valence-corrected chi connectivity index (χ0v) is 16.8. The Bertz CT molecular complexity index is 844. The maximum atomic E-state index is 8.06. The molecule has 0 radical (unpaired) electrons. The molecular weight excluding hydrogens is 397 g/mol. The van der Waals surface area contributed by atoms with E-state index in [4.69, 9.17) is 33.3 Å². The normalized spacial score (nSPS) is 13.1. The van der Waals surface area contributed by atoms with E-state index in [1.165, 1.54) is 0 Å². The predicted octanol–water partition coefficient (Wildman–Crippen LogP) is 7.06. The zero-order valence-electron chi connectivity index (χ0n) is 14.5. The van der Waals surface area contributed by atoms with Crippen molar-refractivity contribution >= 4 is 40.9 Å². The average molecular weight is 416 g/mol. The van der Waals surface area contributed by atoms with Gasteiger partial charge in [-0.15, -0.1) is 11.8 Å². The number of thioether (sulfide) groups is 1. The monoisotopic (exact) mass is 415 g/mol. The molecule has 138 valence electrons. The smallest absolute Gasteiger partial charge is 0.215 e. The Labute approximate surface area is 174 Å². The molecule has 5 heteroatoms. The van der Waals surface area contributed by atoms with Crippen LogP contribution in [0.1, 0.15) is 22.5 Å². The predicted molar refractivity (Wildman–Crippen MR) is 115 cm³/mol. The fourth-order valence-electron chi connectivity index (χ4n) is 2.73. The Morgan fingerprint density at radius 3 is 1.74 bits per heavy atom. The second kappa shape index (κ2) is 9.84. The third-order valence-corrected chi connectivity index (χ3v) is 5.70. The highest BCUT2D eigenvalue weighted by Gasteiger charge is 2.29. The molecule has 27 heavy (non-hydrogen) atoms. The van der Waals surface area contributed by atoms with Crippen LogP contribution < -0.4 is 0 Å². The van der Waals surface area contributed by atoms with Gasteiger partial charge in [0.2, 0.25) is 5.90 Å². The summed E-state index contributed by atoms with van der Waals surface area (Å²) in [6, 6.07) is 30.2. The molecule has 0 aliphatic heterocycles. The minimum Gasteiger partial charge on any atom is -0.469 e. The van der Waals surface area contributed by atoms with Gasteiger partial charge in [-0.3, -0.25) is 5.41 Å². The number of hydrogen-bond donors (Lipinski definition) is 1. The van der Waals surface area contributed by atoms with Gasteiger partial charge in [0.25, 0.3) is 0 Å². The first-order valence-electron chi connectivity index (χ1n) is 8.50. The lowest BCUT2D eigenvalue weighted by molar-refractivity contribution is 0.184. The standard InChI is InChI=1S/C22H19Cl2NOS/c23-21(24)22(25)26-19(16-10-4-1-5-11-16)20(17-12-6-2-7-13-17)27-18-14-8-3-9-15-18/h1-15,19-21,25H/t19-,20-/m1/s1. The Hall–Kier alpha value is -1.94. The summed E-state index contributed by atoms with van der Waals surface area (Å²) in [6.07, 6.45) is -0.411. The highest BCUT2D eigenvalue weighted by atomic mass is 35.5. The van der Waals surface area contributed by atoms with Crippen LogP contribution in [0.15, 0.2) is 95.9 Å². The summed E-state index contributed by atoms with van der Waals surface area (Å²) in [5.74, 6) is -0.151. The van der Waals surface area contributed by atoms with Gasteiger partial charge in [0, 0.05) is 4.90 Å². The summed E-state index contributed by atoms with van der Waals surface area (Å²) in [7, 11) is 0. The van der Waals surface area contributed by atoms with E-state index in [2.05, 4.69) is 24.3 Å². The maximum Gasteiger partial charge on any atom is 0.215 e. The van der Waals surface area contributed by atoms with Crippen molar-refractivity contribution in [3.8, 4) is 0 Å². The molecule has 0 aliphatic carbocycles. The first kappa shape index (κ1) is 19.8. The van der Waals surface area contributed by atoms with Crippen LogP contribution in [0.25, 0.3) is 0 Å².